The van der Waals surface area contributed by atoms with Crippen molar-refractivity contribution in [3.05, 3.63) is 48.6 Å². The minimum Gasteiger partial charge on any atom is -0.481 e. The Morgan fingerprint density at radius 2 is 0.300 bits per heavy atom. The molecule has 0 heterocycles. The van der Waals surface area contributed by atoms with E-state index in [0.717, 1.165) is 51.4 Å². The molecule has 0 atom stereocenters. The van der Waals surface area contributed by atoms with Crippen molar-refractivity contribution in [2.45, 2.75) is 387 Å². The Labute approximate surface area is 497 Å². The largest absolute Gasteiger partial charge is 0.481 e. The number of carbonyl (C=O) groups is 4. The van der Waals surface area contributed by atoms with Gasteiger partial charge in [0.05, 0.1) is 0 Å². The second kappa shape index (κ2) is 80.1. The third-order valence-corrected chi connectivity index (χ3v) is 14.6. The first-order chi connectivity index (χ1) is 39.1. The predicted octanol–water partition coefficient (Wildman–Crippen LogP) is 24.4. The van der Waals surface area contributed by atoms with Crippen molar-refractivity contribution in [2.24, 2.45) is 0 Å². The van der Waals surface area contributed by atoms with Crippen LogP contribution in [0.15, 0.2) is 48.6 Å². The van der Waals surface area contributed by atoms with E-state index in [4.69, 9.17) is 20.4 Å². The minimum atomic E-state index is -0.664. The van der Waals surface area contributed by atoms with Crippen molar-refractivity contribution in [1.82, 2.24) is 0 Å². The van der Waals surface area contributed by atoms with Gasteiger partial charge in [-0.2, -0.15) is 0 Å². The van der Waals surface area contributed by atoms with E-state index < -0.39 is 23.9 Å². The molecular formula is C72H136O8. The average molecular weight is 1130 g/mol. The van der Waals surface area contributed by atoms with E-state index in [0.29, 0.717) is 25.7 Å². The number of hydrogen-bond donors (Lipinski definition) is 4. The number of carboxylic acids is 4. The molecule has 0 radical (unpaired) electrons. The van der Waals surface area contributed by atoms with Crippen molar-refractivity contribution in [3.8, 4) is 0 Å². The molecule has 0 aliphatic heterocycles. The molecule has 8 nitrogen and oxygen atoms in total. The first kappa shape index (κ1) is 83.3. The van der Waals surface area contributed by atoms with E-state index in [2.05, 4.69) is 76.3 Å². The summed E-state index contributed by atoms with van der Waals surface area (Å²) in [7, 11) is 0. The van der Waals surface area contributed by atoms with Gasteiger partial charge in [0.1, 0.15) is 0 Å². The maximum absolute atomic E-state index is 10.3. The van der Waals surface area contributed by atoms with Crippen molar-refractivity contribution in [1.29, 1.82) is 0 Å². The zero-order chi connectivity index (χ0) is 59.6. The maximum atomic E-state index is 10.3. The summed E-state index contributed by atoms with van der Waals surface area (Å²) < 4.78 is 0. The van der Waals surface area contributed by atoms with Gasteiger partial charge in [-0.3, -0.25) is 19.2 Å². The van der Waals surface area contributed by atoms with Gasteiger partial charge in [0.25, 0.3) is 0 Å². The minimum absolute atomic E-state index is 0.332. The summed E-state index contributed by atoms with van der Waals surface area (Å²) in [6.07, 6.45) is 85.0. The molecule has 8 heteroatoms. The molecule has 0 fully saturated rings. The van der Waals surface area contributed by atoms with Crippen LogP contribution in [0.25, 0.3) is 0 Å². The molecular weight excluding hydrogens is 993 g/mol. The smallest absolute Gasteiger partial charge is 0.303 e. The Balaban J connectivity index is -0.000000481. The van der Waals surface area contributed by atoms with Crippen LogP contribution in [0.5, 0.6) is 0 Å². The second-order valence-electron chi connectivity index (χ2n) is 22.9. The fraction of sp³-hybridized carbons (Fsp3) is 0.833. The quantitative estimate of drug-likeness (QED) is 0.0347. The van der Waals surface area contributed by atoms with Crippen molar-refractivity contribution in [2.75, 3.05) is 0 Å². The highest BCUT2D eigenvalue weighted by Crippen LogP contribution is 2.15. The fourth-order valence-electron chi connectivity index (χ4n) is 9.39. The van der Waals surface area contributed by atoms with Crippen molar-refractivity contribution < 1.29 is 39.6 Å². The van der Waals surface area contributed by atoms with Crippen LogP contribution < -0.4 is 0 Å². The standard InChI is InChI=1S/4C18H34O2/c4*1-2-3-4-5-6-7-8-9-10-11-12-13-14-15-16-17-18(19)20/h4*9-10H,2-8,11-17H2,1H3,(H,19,20)/b4*10-9-. The van der Waals surface area contributed by atoms with Crippen LogP contribution in [-0.2, 0) is 19.2 Å². The predicted molar refractivity (Wildman–Crippen MR) is 348 cm³/mol. The van der Waals surface area contributed by atoms with Crippen molar-refractivity contribution in [3.63, 3.8) is 0 Å². The van der Waals surface area contributed by atoms with Gasteiger partial charge in [-0.1, -0.05) is 282 Å². The van der Waals surface area contributed by atoms with Gasteiger partial charge in [0, 0.05) is 25.7 Å². The zero-order valence-electron chi connectivity index (χ0n) is 53.6. The van der Waals surface area contributed by atoms with E-state index in [1.165, 1.54) is 283 Å². The highest BCUT2D eigenvalue weighted by Gasteiger charge is 2.00. The monoisotopic (exact) mass is 1130 g/mol. The summed E-state index contributed by atoms with van der Waals surface area (Å²) in [6.45, 7) is 9.04. The lowest BCUT2D eigenvalue weighted by Crippen LogP contribution is -1.93. The molecule has 0 amide bonds. The molecule has 0 saturated heterocycles. The van der Waals surface area contributed by atoms with E-state index >= 15 is 0 Å². The van der Waals surface area contributed by atoms with Crippen LogP contribution in [0.3, 0.4) is 0 Å². The number of rotatable bonds is 60. The molecule has 0 bridgehead atoms. The lowest BCUT2D eigenvalue weighted by atomic mass is 10.1. The van der Waals surface area contributed by atoms with Gasteiger partial charge in [0.2, 0.25) is 0 Å². The van der Waals surface area contributed by atoms with E-state index in [1.54, 1.807) is 0 Å². The number of hydrogen-bond acceptors (Lipinski definition) is 4. The SMILES string of the molecule is CCCCCCCC/C=C\CCCCCCCC(=O)O.CCCCCCCC/C=C\CCCCCCCC(=O)O.CCCCCCCC/C=C\CCCCCCCC(=O)O.CCCCCCCC/C=C\CCCCCCCC(=O)O. The summed E-state index contributed by atoms with van der Waals surface area (Å²) in [6, 6.07) is 0. The van der Waals surface area contributed by atoms with Gasteiger partial charge in [-0.05, 0) is 128 Å². The molecule has 0 aliphatic rings. The third kappa shape index (κ3) is 97.1. The van der Waals surface area contributed by atoms with Crippen LogP contribution in [0, 0.1) is 0 Å². The van der Waals surface area contributed by atoms with Gasteiger partial charge in [-0.25, -0.2) is 0 Å². The summed E-state index contributed by atoms with van der Waals surface area (Å²) >= 11 is 0. The maximum Gasteiger partial charge on any atom is 0.303 e. The molecule has 80 heavy (non-hydrogen) atoms. The van der Waals surface area contributed by atoms with Gasteiger partial charge in [0.15, 0.2) is 0 Å². The van der Waals surface area contributed by atoms with Gasteiger partial charge >= 0.3 is 23.9 Å². The fourth-order valence-corrected chi connectivity index (χ4v) is 9.39. The normalized spacial score (nSPS) is 11.2. The summed E-state index contributed by atoms with van der Waals surface area (Å²) in [5, 5.41) is 34.0. The van der Waals surface area contributed by atoms with Gasteiger partial charge in [-0.15, -0.1) is 0 Å². The molecule has 0 aromatic heterocycles. The third-order valence-electron chi connectivity index (χ3n) is 14.6. The Bertz CT molecular complexity index is 1130. The Hall–Kier alpha value is -3.16. The number of allylic oxidation sites excluding steroid dienone is 8. The summed E-state index contributed by atoms with van der Waals surface area (Å²) in [4.78, 5) is 41.3. The topological polar surface area (TPSA) is 149 Å². The Morgan fingerprint density at radius 3 is 0.425 bits per heavy atom. The van der Waals surface area contributed by atoms with Gasteiger partial charge < -0.3 is 20.4 Å². The van der Waals surface area contributed by atoms with Crippen LogP contribution in [-0.4, -0.2) is 44.3 Å². The van der Waals surface area contributed by atoms with Crippen LogP contribution in [0.1, 0.15) is 387 Å². The van der Waals surface area contributed by atoms with E-state index in [9.17, 15) is 19.2 Å². The number of aliphatic carboxylic acids is 4. The number of carboxylic acid groups (broad SMARTS) is 4. The average Bonchev–Trinajstić information content (AvgIpc) is 3.43. The van der Waals surface area contributed by atoms with Crippen LogP contribution in [0.2, 0.25) is 0 Å². The first-order valence-electron chi connectivity index (χ1n) is 34.6. The lowest BCUT2D eigenvalue weighted by molar-refractivity contribution is -0.138. The Morgan fingerprint density at radius 1 is 0.188 bits per heavy atom. The van der Waals surface area contributed by atoms with E-state index in [1.807, 2.05) is 0 Å². The Kier molecular flexibility index (Phi) is 83.4. The lowest BCUT2D eigenvalue weighted by Gasteiger charge is -1.99. The van der Waals surface area contributed by atoms with Crippen molar-refractivity contribution >= 4 is 23.9 Å². The highest BCUT2D eigenvalue weighted by atomic mass is 16.4. The van der Waals surface area contributed by atoms with Crippen LogP contribution in [0.4, 0.5) is 0 Å². The highest BCUT2D eigenvalue weighted by molar-refractivity contribution is 5.67. The molecule has 0 spiro atoms. The van der Waals surface area contributed by atoms with E-state index in [-0.39, 0.29) is 0 Å². The first-order valence-corrected chi connectivity index (χ1v) is 34.6. The molecule has 472 valence electrons. The number of unbranched alkanes of at least 4 members (excludes halogenated alkanes) is 44. The molecule has 0 rings (SSSR count). The zero-order valence-corrected chi connectivity index (χ0v) is 53.6. The molecule has 0 saturated carbocycles. The van der Waals surface area contributed by atoms with Crippen LogP contribution >= 0.6 is 0 Å². The molecule has 0 aliphatic carbocycles. The summed E-state index contributed by atoms with van der Waals surface area (Å²) in [5.41, 5.74) is 0. The molecule has 0 unspecified atom stereocenters. The summed E-state index contributed by atoms with van der Waals surface area (Å²) in [5.74, 6) is -2.66. The molecule has 0 aromatic carbocycles. The molecule has 0 aromatic rings. The second-order valence-corrected chi connectivity index (χ2v) is 22.9. The molecule has 4 N–H and O–H groups in total.